The van der Waals surface area contributed by atoms with Gasteiger partial charge in [-0.3, -0.25) is 0 Å². The number of carboxylic acid groups (broad SMARTS) is 1. The van der Waals surface area contributed by atoms with Crippen LogP contribution in [0.4, 0.5) is 16.2 Å². The zero-order chi connectivity index (χ0) is 14.5. The van der Waals surface area contributed by atoms with Crippen molar-refractivity contribution < 1.29 is 19.8 Å². The summed E-state index contributed by atoms with van der Waals surface area (Å²) < 4.78 is 0. The van der Waals surface area contributed by atoms with Gasteiger partial charge in [0.2, 0.25) is 0 Å². The number of phenols is 1. The van der Waals surface area contributed by atoms with E-state index in [9.17, 15) is 14.7 Å². The summed E-state index contributed by atoms with van der Waals surface area (Å²) in [6.07, 6.45) is 4.14. The average molecular weight is 274 g/mol. The van der Waals surface area contributed by atoms with Crippen molar-refractivity contribution in [1.82, 2.24) is 9.97 Å². The van der Waals surface area contributed by atoms with Gasteiger partial charge in [0.25, 0.3) is 0 Å². The van der Waals surface area contributed by atoms with Crippen molar-refractivity contribution in [2.75, 3.05) is 10.6 Å². The van der Waals surface area contributed by atoms with Crippen molar-refractivity contribution in [1.29, 1.82) is 0 Å². The summed E-state index contributed by atoms with van der Waals surface area (Å²) in [4.78, 5) is 30.0. The van der Waals surface area contributed by atoms with Gasteiger partial charge >= 0.3 is 12.0 Å². The van der Waals surface area contributed by atoms with Gasteiger partial charge in [0.05, 0.1) is 18.1 Å². The predicted molar refractivity (Wildman–Crippen MR) is 69.7 cm³/mol. The first-order chi connectivity index (χ1) is 9.56. The second-order valence-electron chi connectivity index (χ2n) is 3.74. The lowest BCUT2D eigenvalue weighted by atomic mass is 10.2. The fourth-order valence-corrected chi connectivity index (χ4v) is 1.44. The molecular formula is C12H10N4O4. The van der Waals surface area contributed by atoms with Gasteiger partial charge in [0, 0.05) is 5.69 Å². The van der Waals surface area contributed by atoms with Crippen LogP contribution in [0.2, 0.25) is 0 Å². The number of urea groups is 1. The number of carbonyl (C=O) groups excluding carboxylic acids is 1. The van der Waals surface area contributed by atoms with E-state index in [1.54, 1.807) is 0 Å². The molecule has 0 atom stereocenters. The largest absolute Gasteiger partial charge is 0.507 e. The van der Waals surface area contributed by atoms with E-state index in [1.807, 2.05) is 0 Å². The second-order valence-corrected chi connectivity index (χ2v) is 3.74. The highest BCUT2D eigenvalue weighted by molar-refractivity contribution is 6.00. The number of hydrogen-bond acceptors (Lipinski definition) is 5. The predicted octanol–water partition coefficient (Wildman–Crippen LogP) is 1.52. The first-order valence-electron chi connectivity index (χ1n) is 5.45. The SMILES string of the molecule is O=C(Nc1cncnc1)Nc1ccc(O)c(C(=O)O)c1. The monoisotopic (exact) mass is 274 g/mol. The van der Waals surface area contributed by atoms with Crippen molar-refractivity contribution >= 4 is 23.4 Å². The van der Waals surface area contributed by atoms with Gasteiger partial charge in [-0.1, -0.05) is 0 Å². The van der Waals surface area contributed by atoms with E-state index in [1.165, 1.54) is 30.9 Å². The van der Waals surface area contributed by atoms with Gasteiger partial charge in [0.15, 0.2) is 0 Å². The van der Waals surface area contributed by atoms with Crippen LogP contribution in [0.1, 0.15) is 10.4 Å². The molecule has 1 aromatic carbocycles. The van der Waals surface area contributed by atoms with Crippen LogP contribution in [0, 0.1) is 0 Å². The maximum absolute atomic E-state index is 11.7. The molecule has 102 valence electrons. The van der Waals surface area contributed by atoms with E-state index < -0.39 is 12.0 Å². The fraction of sp³-hybridized carbons (Fsp3) is 0. The second kappa shape index (κ2) is 5.65. The lowest BCUT2D eigenvalue weighted by Crippen LogP contribution is -2.19. The summed E-state index contributed by atoms with van der Waals surface area (Å²) in [5.74, 6) is -1.66. The number of nitrogens with one attached hydrogen (secondary N) is 2. The molecule has 8 nitrogen and oxygen atoms in total. The van der Waals surface area contributed by atoms with Gasteiger partial charge in [-0.25, -0.2) is 19.6 Å². The number of anilines is 2. The van der Waals surface area contributed by atoms with E-state index in [4.69, 9.17) is 5.11 Å². The molecule has 0 radical (unpaired) electrons. The highest BCUT2D eigenvalue weighted by Crippen LogP contribution is 2.21. The Hall–Kier alpha value is -3.16. The van der Waals surface area contributed by atoms with Crippen molar-refractivity contribution in [2.45, 2.75) is 0 Å². The Morgan fingerprint density at radius 3 is 2.35 bits per heavy atom. The first-order valence-corrected chi connectivity index (χ1v) is 5.45. The van der Waals surface area contributed by atoms with Crippen LogP contribution in [0.15, 0.2) is 36.9 Å². The number of aromatic carboxylic acids is 1. The van der Waals surface area contributed by atoms with E-state index in [0.717, 1.165) is 6.07 Å². The summed E-state index contributed by atoms with van der Waals surface area (Å²) >= 11 is 0. The third kappa shape index (κ3) is 3.19. The number of rotatable bonds is 3. The number of carbonyl (C=O) groups is 2. The number of carboxylic acids is 1. The van der Waals surface area contributed by atoms with Gasteiger partial charge in [-0.05, 0) is 18.2 Å². The molecule has 4 N–H and O–H groups in total. The molecule has 0 aliphatic carbocycles. The first kappa shape index (κ1) is 13.3. The molecule has 1 heterocycles. The Morgan fingerprint density at radius 1 is 1.05 bits per heavy atom. The van der Waals surface area contributed by atoms with Crippen LogP contribution < -0.4 is 10.6 Å². The molecule has 2 amide bonds. The van der Waals surface area contributed by atoms with Gasteiger partial charge in [-0.15, -0.1) is 0 Å². The summed E-state index contributed by atoms with van der Waals surface area (Å²) in [5, 5.41) is 23.1. The van der Waals surface area contributed by atoms with E-state index >= 15 is 0 Å². The Labute approximate surface area is 113 Å². The average Bonchev–Trinajstić information content (AvgIpc) is 2.41. The standard InChI is InChI=1S/C12H10N4O4/c17-10-2-1-7(3-9(10)11(18)19)15-12(20)16-8-4-13-6-14-5-8/h1-6,17H,(H,18,19)(H2,15,16,20). The molecule has 20 heavy (non-hydrogen) atoms. The number of aromatic hydroxyl groups is 1. The lowest BCUT2D eigenvalue weighted by molar-refractivity contribution is 0.0693. The van der Waals surface area contributed by atoms with E-state index in [2.05, 4.69) is 20.6 Å². The molecule has 2 rings (SSSR count). The molecule has 0 aliphatic heterocycles. The molecule has 0 fully saturated rings. The molecular weight excluding hydrogens is 264 g/mol. The zero-order valence-corrected chi connectivity index (χ0v) is 10.1. The molecule has 0 bridgehead atoms. The molecule has 0 saturated carbocycles. The van der Waals surface area contributed by atoms with Crippen LogP contribution in [-0.4, -0.2) is 32.2 Å². The van der Waals surface area contributed by atoms with E-state index in [0.29, 0.717) is 5.69 Å². The Kier molecular flexibility index (Phi) is 3.75. The highest BCUT2D eigenvalue weighted by atomic mass is 16.4. The molecule has 0 aliphatic rings. The van der Waals surface area contributed by atoms with E-state index in [-0.39, 0.29) is 17.0 Å². The Morgan fingerprint density at radius 2 is 1.70 bits per heavy atom. The number of benzene rings is 1. The Balaban J connectivity index is 2.08. The van der Waals surface area contributed by atoms with Crippen LogP contribution in [0.25, 0.3) is 0 Å². The van der Waals surface area contributed by atoms with Crippen LogP contribution >= 0.6 is 0 Å². The van der Waals surface area contributed by atoms with Crippen molar-refractivity contribution in [3.63, 3.8) is 0 Å². The molecule has 2 aromatic rings. The van der Waals surface area contributed by atoms with Crippen LogP contribution in [0.3, 0.4) is 0 Å². The minimum atomic E-state index is -1.29. The third-order valence-electron chi connectivity index (χ3n) is 2.30. The minimum Gasteiger partial charge on any atom is -0.507 e. The molecule has 1 aromatic heterocycles. The Bertz CT molecular complexity index is 645. The summed E-state index contributed by atoms with van der Waals surface area (Å²) in [7, 11) is 0. The molecule has 0 unspecified atom stereocenters. The molecule has 0 saturated heterocycles. The van der Waals surface area contributed by atoms with Gasteiger partial charge < -0.3 is 20.8 Å². The number of hydrogen-bond donors (Lipinski definition) is 4. The van der Waals surface area contributed by atoms with Crippen molar-refractivity contribution in [3.05, 3.63) is 42.5 Å². The van der Waals surface area contributed by atoms with Crippen molar-refractivity contribution in [2.24, 2.45) is 0 Å². The number of nitrogens with zero attached hydrogens (tertiary/aromatic N) is 2. The quantitative estimate of drug-likeness (QED) is 0.629. The number of aromatic nitrogens is 2. The summed E-state index contributed by atoms with van der Waals surface area (Å²) in [6, 6.07) is 3.13. The van der Waals surface area contributed by atoms with Crippen molar-refractivity contribution in [3.8, 4) is 5.75 Å². The topological polar surface area (TPSA) is 124 Å². The number of amides is 2. The summed E-state index contributed by atoms with van der Waals surface area (Å²) in [5.41, 5.74) is 0.322. The lowest BCUT2D eigenvalue weighted by Gasteiger charge is -2.08. The fourth-order valence-electron chi connectivity index (χ4n) is 1.44. The maximum Gasteiger partial charge on any atom is 0.339 e. The van der Waals surface area contributed by atoms with Crippen LogP contribution in [-0.2, 0) is 0 Å². The smallest absolute Gasteiger partial charge is 0.339 e. The minimum absolute atomic E-state index is 0.231. The van der Waals surface area contributed by atoms with Gasteiger partial charge in [0.1, 0.15) is 17.6 Å². The summed E-state index contributed by atoms with van der Waals surface area (Å²) in [6.45, 7) is 0. The highest BCUT2D eigenvalue weighted by Gasteiger charge is 2.11. The maximum atomic E-state index is 11.7. The van der Waals surface area contributed by atoms with Gasteiger partial charge in [-0.2, -0.15) is 0 Å². The molecule has 0 spiro atoms. The normalized spacial score (nSPS) is 9.80. The third-order valence-corrected chi connectivity index (χ3v) is 2.30. The molecule has 8 heteroatoms. The zero-order valence-electron chi connectivity index (χ0n) is 10.1. The van der Waals surface area contributed by atoms with Crippen LogP contribution in [0.5, 0.6) is 5.75 Å².